The summed E-state index contributed by atoms with van der Waals surface area (Å²) in [4.78, 5) is 10.2. The molecule has 8 heteroatoms. The summed E-state index contributed by atoms with van der Waals surface area (Å²) in [5.74, 6) is 1.40. The van der Waals surface area contributed by atoms with Crippen LogP contribution < -0.4 is 11.1 Å². The highest BCUT2D eigenvalue weighted by Crippen LogP contribution is 2.33. The zero-order valence-corrected chi connectivity index (χ0v) is 21.2. The molecule has 2 aromatic heterocycles. The van der Waals surface area contributed by atoms with E-state index in [1.807, 2.05) is 74.0 Å². The number of rotatable bonds is 7. The van der Waals surface area contributed by atoms with Gasteiger partial charge in [0.25, 0.3) is 0 Å². The summed E-state index contributed by atoms with van der Waals surface area (Å²) in [6, 6.07) is 20.4. The number of anilines is 2. The Hall–Kier alpha value is -3.91. The van der Waals surface area contributed by atoms with Crippen molar-refractivity contribution in [3.63, 3.8) is 0 Å². The normalized spacial score (nSPS) is 12.1. The topological polar surface area (TPSA) is 81.7 Å². The molecule has 0 aliphatic heterocycles. The number of nitrogens with one attached hydrogen (secondary N) is 1. The van der Waals surface area contributed by atoms with Crippen molar-refractivity contribution >= 4 is 34.0 Å². The lowest BCUT2D eigenvalue weighted by Crippen LogP contribution is -2.19. The Morgan fingerprint density at radius 3 is 2.72 bits per heavy atom. The largest absolute Gasteiger partial charge is 0.383 e. The monoisotopic (exact) mass is 498 g/mol. The molecule has 3 aromatic carbocycles. The van der Waals surface area contributed by atoms with Gasteiger partial charge in [-0.05, 0) is 66.1 Å². The van der Waals surface area contributed by atoms with Gasteiger partial charge in [0.05, 0.1) is 0 Å². The number of aromatic nitrogens is 4. The molecule has 1 atom stereocenters. The SMILES string of the molecule is CCc1ccc(F)c(C(Nc2ccc3c(N)nccc3c2)c2nc(-c3ccccc3SC)nn2C)c1. The number of halogens is 1. The second kappa shape index (κ2) is 9.99. The Morgan fingerprint density at radius 2 is 1.92 bits per heavy atom. The lowest BCUT2D eigenvalue weighted by molar-refractivity contribution is 0.590. The second-order valence-corrected chi connectivity index (χ2v) is 9.38. The number of aryl methyl sites for hydroxylation is 2. The van der Waals surface area contributed by atoms with Gasteiger partial charge < -0.3 is 11.1 Å². The predicted molar refractivity (Wildman–Crippen MR) is 146 cm³/mol. The minimum absolute atomic E-state index is 0.298. The molecule has 182 valence electrons. The number of hydrogen-bond donors (Lipinski definition) is 2. The van der Waals surface area contributed by atoms with E-state index >= 15 is 4.39 Å². The first-order chi connectivity index (χ1) is 17.5. The van der Waals surface area contributed by atoms with Crippen molar-refractivity contribution in [1.82, 2.24) is 19.7 Å². The van der Waals surface area contributed by atoms with Crippen molar-refractivity contribution < 1.29 is 4.39 Å². The van der Waals surface area contributed by atoms with E-state index in [1.165, 1.54) is 6.07 Å². The molecular weight excluding hydrogens is 471 g/mol. The molecule has 3 N–H and O–H groups in total. The number of benzene rings is 3. The third-order valence-corrected chi connectivity index (χ3v) is 7.08. The molecule has 0 aliphatic rings. The van der Waals surface area contributed by atoms with Crippen molar-refractivity contribution in [3.8, 4) is 11.4 Å². The Morgan fingerprint density at radius 1 is 1.08 bits per heavy atom. The standard InChI is InChI=1S/C28H27FN6S/c1-4-17-9-12-23(29)22(15-17)25(32-19-10-11-20-18(16-19)13-14-31-26(20)30)28-33-27(34-35(28)2)21-7-5-6-8-24(21)36-3/h5-16,25,32H,4H2,1-3H3,(H2,30,31). The summed E-state index contributed by atoms with van der Waals surface area (Å²) in [7, 11) is 1.84. The molecule has 6 nitrogen and oxygen atoms in total. The molecule has 0 aliphatic carbocycles. The van der Waals surface area contributed by atoms with Crippen LogP contribution in [0.2, 0.25) is 0 Å². The van der Waals surface area contributed by atoms with Gasteiger partial charge in [0.1, 0.15) is 17.7 Å². The molecule has 2 heterocycles. The first-order valence-corrected chi connectivity index (χ1v) is 12.9. The van der Waals surface area contributed by atoms with E-state index in [-0.39, 0.29) is 5.82 Å². The fourth-order valence-corrected chi connectivity index (χ4v) is 4.96. The lowest BCUT2D eigenvalue weighted by atomic mass is 10.0. The van der Waals surface area contributed by atoms with Crippen molar-refractivity contribution in [2.75, 3.05) is 17.3 Å². The van der Waals surface area contributed by atoms with Gasteiger partial charge in [-0.15, -0.1) is 11.8 Å². The van der Waals surface area contributed by atoms with Gasteiger partial charge in [0, 0.05) is 40.3 Å². The summed E-state index contributed by atoms with van der Waals surface area (Å²) in [5, 5.41) is 10.1. The molecule has 1 unspecified atom stereocenters. The summed E-state index contributed by atoms with van der Waals surface area (Å²) < 4.78 is 17.0. The Balaban J connectivity index is 1.64. The fraction of sp³-hybridized carbons (Fsp3) is 0.179. The molecule has 0 fully saturated rings. The van der Waals surface area contributed by atoms with Crippen LogP contribution in [0.5, 0.6) is 0 Å². The predicted octanol–water partition coefficient (Wildman–Crippen LogP) is 6.24. The van der Waals surface area contributed by atoms with E-state index in [9.17, 15) is 0 Å². The van der Waals surface area contributed by atoms with Crippen LogP contribution >= 0.6 is 11.8 Å². The van der Waals surface area contributed by atoms with Gasteiger partial charge in [-0.1, -0.05) is 31.2 Å². The van der Waals surface area contributed by atoms with Crippen LogP contribution in [0, 0.1) is 5.82 Å². The first kappa shape index (κ1) is 23.8. The molecule has 5 rings (SSSR count). The summed E-state index contributed by atoms with van der Waals surface area (Å²) in [6.45, 7) is 2.06. The Kier molecular flexibility index (Phi) is 6.61. The average molecular weight is 499 g/mol. The van der Waals surface area contributed by atoms with Gasteiger partial charge in [0.15, 0.2) is 11.6 Å². The van der Waals surface area contributed by atoms with E-state index in [2.05, 4.69) is 17.2 Å². The highest BCUT2D eigenvalue weighted by molar-refractivity contribution is 7.98. The fourth-order valence-electron chi connectivity index (χ4n) is 4.36. The van der Waals surface area contributed by atoms with Gasteiger partial charge >= 0.3 is 0 Å². The van der Waals surface area contributed by atoms with Crippen molar-refractivity contribution in [3.05, 3.63) is 95.7 Å². The highest BCUT2D eigenvalue weighted by Gasteiger charge is 2.25. The zero-order chi connectivity index (χ0) is 25.2. The quantitative estimate of drug-likeness (QED) is 0.259. The highest BCUT2D eigenvalue weighted by atomic mass is 32.2. The molecule has 0 bridgehead atoms. The van der Waals surface area contributed by atoms with Crippen LogP contribution in [0.1, 0.15) is 29.9 Å². The lowest BCUT2D eigenvalue weighted by Gasteiger charge is -2.21. The van der Waals surface area contributed by atoms with E-state index in [1.54, 1.807) is 22.6 Å². The number of fused-ring (bicyclic) bond motifs is 1. The van der Waals surface area contributed by atoms with Crippen LogP contribution in [0.4, 0.5) is 15.9 Å². The number of hydrogen-bond acceptors (Lipinski definition) is 6. The van der Waals surface area contributed by atoms with Crippen LogP contribution in [-0.4, -0.2) is 26.0 Å². The number of pyridine rings is 1. The maximum absolute atomic E-state index is 15.3. The Labute approximate surface area is 213 Å². The van der Waals surface area contributed by atoms with Gasteiger partial charge in [-0.3, -0.25) is 4.68 Å². The molecular formula is C28H27FN6S. The van der Waals surface area contributed by atoms with Crippen LogP contribution in [0.15, 0.2) is 77.8 Å². The maximum Gasteiger partial charge on any atom is 0.182 e. The van der Waals surface area contributed by atoms with Gasteiger partial charge in [0.2, 0.25) is 0 Å². The number of nitrogens with two attached hydrogens (primary N) is 1. The molecule has 0 saturated heterocycles. The number of nitrogens with zero attached hydrogens (tertiary/aromatic N) is 4. The third-order valence-electron chi connectivity index (χ3n) is 6.29. The summed E-state index contributed by atoms with van der Waals surface area (Å²) in [5.41, 5.74) is 9.36. The second-order valence-electron chi connectivity index (χ2n) is 8.54. The summed E-state index contributed by atoms with van der Waals surface area (Å²) >= 11 is 1.64. The summed E-state index contributed by atoms with van der Waals surface area (Å²) in [6.07, 6.45) is 4.51. The zero-order valence-electron chi connectivity index (χ0n) is 20.4. The van der Waals surface area contributed by atoms with E-state index < -0.39 is 6.04 Å². The molecule has 0 spiro atoms. The van der Waals surface area contributed by atoms with Crippen LogP contribution in [0.25, 0.3) is 22.2 Å². The third kappa shape index (κ3) is 4.52. The van der Waals surface area contributed by atoms with Crippen molar-refractivity contribution in [2.24, 2.45) is 7.05 Å². The molecule has 0 saturated carbocycles. The van der Waals surface area contributed by atoms with E-state index in [4.69, 9.17) is 15.8 Å². The molecule has 0 radical (unpaired) electrons. The van der Waals surface area contributed by atoms with Crippen LogP contribution in [-0.2, 0) is 13.5 Å². The van der Waals surface area contributed by atoms with Gasteiger partial charge in [-0.25, -0.2) is 14.4 Å². The van der Waals surface area contributed by atoms with E-state index in [0.29, 0.717) is 23.0 Å². The molecule has 0 amide bonds. The number of thioether (sulfide) groups is 1. The molecule has 36 heavy (non-hydrogen) atoms. The van der Waals surface area contributed by atoms with Crippen molar-refractivity contribution in [1.29, 1.82) is 0 Å². The average Bonchev–Trinajstić information content (AvgIpc) is 3.28. The van der Waals surface area contributed by atoms with Crippen LogP contribution in [0.3, 0.4) is 0 Å². The Bertz CT molecular complexity index is 1550. The maximum atomic E-state index is 15.3. The molecule has 5 aromatic rings. The minimum Gasteiger partial charge on any atom is -0.383 e. The van der Waals surface area contributed by atoms with Gasteiger partial charge in [-0.2, -0.15) is 5.10 Å². The van der Waals surface area contributed by atoms with Crippen molar-refractivity contribution in [2.45, 2.75) is 24.3 Å². The van der Waals surface area contributed by atoms with E-state index in [0.717, 1.165) is 38.9 Å². The minimum atomic E-state index is -0.569. The smallest absolute Gasteiger partial charge is 0.182 e. The first-order valence-electron chi connectivity index (χ1n) is 11.7. The number of nitrogen functional groups attached to an aromatic ring is 1.